The van der Waals surface area contributed by atoms with Crippen LogP contribution in [0.15, 0.2) is 18.2 Å². The molecule has 2 aliphatic rings. The molecule has 3 N–H and O–H groups in total. The highest BCUT2D eigenvalue weighted by atomic mass is 35.5. The van der Waals surface area contributed by atoms with Gasteiger partial charge in [0, 0.05) is 18.8 Å². The van der Waals surface area contributed by atoms with Crippen molar-refractivity contribution in [2.75, 3.05) is 32.1 Å². The molecule has 1 aliphatic carbocycles. The van der Waals surface area contributed by atoms with Crippen LogP contribution in [-0.2, 0) is 9.53 Å². The second-order valence-corrected chi connectivity index (χ2v) is 7.27. The van der Waals surface area contributed by atoms with E-state index in [1.165, 1.54) is 0 Å². The van der Waals surface area contributed by atoms with Gasteiger partial charge >= 0.3 is 0 Å². The lowest BCUT2D eigenvalue weighted by molar-refractivity contribution is -0.130. The van der Waals surface area contributed by atoms with E-state index in [1.807, 2.05) is 0 Å². The van der Waals surface area contributed by atoms with Crippen LogP contribution < -0.4 is 16.0 Å². The fourth-order valence-electron chi connectivity index (χ4n) is 3.15. The third-order valence-electron chi connectivity index (χ3n) is 4.84. The topological polar surface area (TPSA) is 79.5 Å². The number of halogens is 1. The summed E-state index contributed by atoms with van der Waals surface area (Å²) in [6, 6.07) is 5.25. The molecule has 136 valence electrons. The van der Waals surface area contributed by atoms with Crippen LogP contribution in [0.5, 0.6) is 0 Å². The maximum Gasteiger partial charge on any atom is 0.253 e. The monoisotopic (exact) mass is 365 g/mol. The summed E-state index contributed by atoms with van der Waals surface area (Å²) in [5.74, 6) is -0.274. The molecule has 0 unspecified atom stereocenters. The van der Waals surface area contributed by atoms with Gasteiger partial charge < -0.3 is 20.7 Å². The lowest BCUT2D eigenvalue weighted by Gasteiger charge is -2.35. The Kier molecular flexibility index (Phi) is 5.61. The maximum atomic E-state index is 12.9. The first kappa shape index (κ1) is 18.2. The van der Waals surface area contributed by atoms with Gasteiger partial charge in [0.25, 0.3) is 5.91 Å². The van der Waals surface area contributed by atoms with Gasteiger partial charge in [-0.05, 0) is 57.0 Å². The molecular formula is C18H24ClN3O3. The summed E-state index contributed by atoms with van der Waals surface area (Å²) in [5.41, 5.74) is 0.414. The predicted molar refractivity (Wildman–Crippen MR) is 97.0 cm³/mol. The Balaban J connectivity index is 1.74. The van der Waals surface area contributed by atoms with Crippen LogP contribution in [0.1, 0.15) is 36.0 Å². The summed E-state index contributed by atoms with van der Waals surface area (Å²) in [7, 11) is 1.61. The van der Waals surface area contributed by atoms with Crippen LogP contribution in [0.4, 0.5) is 5.69 Å². The number of amides is 2. The number of benzene rings is 1. The molecule has 1 aliphatic heterocycles. The summed E-state index contributed by atoms with van der Waals surface area (Å²) in [4.78, 5) is 25.2. The Bertz CT molecular complexity index is 649. The van der Waals surface area contributed by atoms with Crippen LogP contribution in [-0.4, -0.2) is 44.7 Å². The van der Waals surface area contributed by atoms with Gasteiger partial charge in [0.15, 0.2) is 0 Å². The van der Waals surface area contributed by atoms with Crippen molar-refractivity contribution in [3.63, 3.8) is 0 Å². The Morgan fingerprint density at radius 1 is 1.32 bits per heavy atom. The van der Waals surface area contributed by atoms with E-state index in [4.69, 9.17) is 16.3 Å². The summed E-state index contributed by atoms with van der Waals surface area (Å²) < 4.78 is 5.30. The maximum absolute atomic E-state index is 12.9. The highest BCUT2D eigenvalue weighted by molar-refractivity contribution is 6.34. The van der Waals surface area contributed by atoms with Gasteiger partial charge in [0.05, 0.1) is 22.6 Å². The van der Waals surface area contributed by atoms with Gasteiger partial charge in [-0.2, -0.15) is 0 Å². The molecule has 0 atom stereocenters. The molecular weight excluding hydrogens is 342 g/mol. The first-order valence-electron chi connectivity index (χ1n) is 8.66. The van der Waals surface area contributed by atoms with Gasteiger partial charge in [0.2, 0.25) is 5.91 Å². The zero-order chi connectivity index (χ0) is 17.9. The van der Waals surface area contributed by atoms with E-state index in [-0.39, 0.29) is 17.9 Å². The van der Waals surface area contributed by atoms with E-state index < -0.39 is 5.41 Å². The average molecular weight is 366 g/mol. The Morgan fingerprint density at radius 2 is 2.04 bits per heavy atom. The van der Waals surface area contributed by atoms with Crippen LogP contribution in [0.2, 0.25) is 5.02 Å². The fraction of sp³-hybridized carbons (Fsp3) is 0.556. The molecule has 2 fully saturated rings. The van der Waals surface area contributed by atoms with E-state index in [0.29, 0.717) is 22.9 Å². The quantitative estimate of drug-likeness (QED) is 0.722. The standard InChI is InChI=1S/C18H24ClN3O3/c1-25-11-18(6-8-20-9-7-18)17(24)22-13-4-5-15(19)14(10-13)16(23)21-12-2-3-12/h4-5,10,12,20H,2-3,6-9,11H2,1H3,(H,21,23)(H,22,24). The van der Waals surface area contributed by atoms with Crippen molar-refractivity contribution < 1.29 is 14.3 Å². The molecule has 1 saturated carbocycles. The second-order valence-electron chi connectivity index (χ2n) is 6.86. The Morgan fingerprint density at radius 3 is 2.68 bits per heavy atom. The highest BCUT2D eigenvalue weighted by Crippen LogP contribution is 2.31. The van der Waals surface area contributed by atoms with Gasteiger partial charge in [-0.25, -0.2) is 0 Å². The second kappa shape index (κ2) is 7.72. The number of nitrogens with one attached hydrogen (secondary N) is 3. The van der Waals surface area contributed by atoms with Crippen molar-refractivity contribution in [2.45, 2.75) is 31.7 Å². The fourth-order valence-corrected chi connectivity index (χ4v) is 3.35. The highest BCUT2D eigenvalue weighted by Gasteiger charge is 2.39. The molecule has 0 radical (unpaired) electrons. The molecule has 1 heterocycles. The lowest BCUT2D eigenvalue weighted by Crippen LogP contribution is -2.47. The summed E-state index contributed by atoms with van der Waals surface area (Å²) in [6.45, 7) is 1.95. The van der Waals surface area contributed by atoms with Crippen molar-refractivity contribution in [1.29, 1.82) is 0 Å². The molecule has 6 nitrogen and oxygen atoms in total. The number of rotatable bonds is 6. The first-order valence-corrected chi connectivity index (χ1v) is 9.03. The largest absolute Gasteiger partial charge is 0.384 e. The number of hydrogen-bond donors (Lipinski definition) is 3. The number of carbonyl (C=O) groups is 2. The molecule has 0 spiro atoms. The van der Waals surface area contributed by atoms with Crippen molar-refractivity contribution in [3.05, 3.63) is 28.8 Å². The summed E-state index contributed by atoms with van der Waals surface area (Å²) >= 11 is 6.16. The number of hydrogen-bond acceptors (Lipinski definition) is 4. The minimum absolute atomic E-state index is 0.0771. The van der Waals surface area contributed by atoms with Gasteiger partial charge in [-0.1, -0.05) is 11.6 Å². The number of anilines is 1. The van der Waals surface area contributed by atoms with E-state index in [0.717, 1.165) is 38.8 Å². The predicted octanol–water partition coefficient (Wildman–Crippen LogP) is 2.19. The van der Waals surface area contributed by atoms with Gasteiger partial charge in [0.1, 0.15) is 0 Å². The van der Waals surface area contributed by atoms with Gasteiger partial charge in [-0.15, -0.1) is 0 Å². The minimum Gasteiger partial charge on any atom is -0.384 e. The lowest BCUT2D eigenvalue weighted by atomic mass is 9.78. The zero-order valence-corrected chi connectivity index (χ0v) is 15.1. The van der Waals surface area contributed by atoms with E-state index in [2.05, 4.69) is 16.0 Å². The van der Waals surface area contributed by atoms with Gasteiger partial charge in [-0.3, -0.25) is 9.59 Å². The summed E-state index contributed by atoms with van der Waals surface area (Å²) in [6.07, 6.45) is 3.45. The SMILES string of the molecule is COCC1(C(=O)Nc2ccc(Cl)c(C(=O)NC3CC3)c2)CCNCC1. The zero-order valence-electron chi connectivity index (χ0n) is 14.4. The van der Waals surface area contributed by atoms with E-state index >= 15 is 0 Å². The molecule has 1 aromatic carbocycles. The molecule has 2 amide bonds. The molecule has 0 aromatic heterocycles. The molecule has 7 heteroatoms. The average Bonchev–Trinajstić information content (AvgIpc) is 3.41. The number of carbonyl (C=O) groups excluding carboxylic acids is 2. The Labute approximate surface area is 152 Å². The first-order chi connectivity index (χ1) is 12.0. The number of methoxy groups -OCH3 is 1. The Hall–Kier alpha value is -1.63. The summed E-state index contributed by atoms with van der Waals surface area (Å²) in [5, 5.41) is 9.51. The molecule has 1 saturated heterocycles. The van der Waals surface area contributed by atoms with Crippen LogP contribution in [0.25, 0.3) is 0 Å². The third-order valence-corrected chi connectivity index (χ3v) is 5.17. The van der Waals surface area contributed by atoms with Crippen molar-refractivity contribution >= 4 is 29.1 Å². The van der Waals surface area contributed by atoms with Crippen molar-refractivity contribution in [3.8, 4) is 0 Å². The number of piperidine rings is 1. The normalized spacial score (nSPS) is 19.3. The van der Waals surface area contributed by atoms with E-state index in [1.54, 1.807) is 25.3 Å². The van der Waals surface area contributed by atoms with E-state index in [9.17, 15) is 9.59 Å². The number of ether oxygens (including phenoxy) is 1. The van der Waals surface area contributed by atoms with Crippen molar-refractivity contribution in [2.24, 2.45) is 5.41 Å². The molecule has 25 heavy (non-hydrogen) atoms. The van der Waals surface area contributed by atoms with Crippen molar-refractivity contribution in [1.82, 2.24) is 10.6 Å². The van der Waals surface area contributed by atoms with Crippen LogP contribution >= 0.6 is 11.6 Å². The third kappa shape index (κ3) is 4.32. The smallest absolute Gasteiger partial charge is 0.253 e. The molecule has 1 aromatic rings. The molecule has 3 rings (SSSR count). The molecule has 0 bridgehead atoms. The van der Waals surface area contributed by atoms with Crippen LogP contribution in [0, 0.1) is 5.41 Å². The van der Waals surface area contributed by atoms with Crippen LogP contribution in [0.3, 0.4) is 0 Å². The minimum atomic E-state index is -0.546.